The molecule has 0 bridgehead atoms. The number of anilines is 1. The van der Waals surface area contributed by atoms with Gasteiger partial charge < -0.3 is 11.6 Å². The molecule has 3 nitrogen and oxygen atoms in total. The highest BCUT2D eigenvalue weighted by Crippen LogP contribution is 2.13. The molecule has 58 valence electrons. The number of hydrogen-bond acceptors (Lipinski definition) is 3. The first kappa shape index (κ1) is 7.60. The lowest BCUT2D eigenvalue weighted by molar-refractivity contribution is 1.26. The number of benzene rings is 1. The van der Waals surface area contributed by atoms with Crippen molar-refractivity contribution in [3.8, 4) is 0 Å². The normalized spacial score (nSPS) is 10.6. The molecule has 1 aromatic carbocycles. The molecule has 0 fully saturated rings. The highest BCUT2D eigenvalue weighted by molar-refractivity contribution is 5.87. The van der Waals surface area contributed by atoms with Gasteiger partial charge in [-0.2, -0.15) is 5.10 Å². The summed E-state index contributed by atoms with van der Waals surface area (Å²) in [6.45, 7) is 1.95. The molecule has 0 aromatic heterocycles. The molecular formula is C8H11N3. The number of para-hydroxylation sites is 1. The van der Waals surface area contributed by atoms with Crippen LogP contribution in [0.25, 0.3) is 0 Å². The predicted molar refractivity (Wildman–Crippen MR) is 47.4 cm³/mol. The minimum absolute atomic E-state index is 0.738. The Hall–Kier alpha value is -1.51. The second-order valence-electron chi connectivity index (χ2n) is 2.36. The minimum Gasteiger partial charge on any atom is -0.398 e. The fraction of sp³-hybridized carbons (Fsp3) is 0.125. The zero-order valence-corrected chi connectivity index (χ0v) is 6.41. The maximum atomic E-state index is 5.72. The third-order valence-corrected chi connectivity index (χ3v) is 1.57. The summed E-state index contributed by atoms with van der Waals surface area (Å²) in [5.74, 6) is 4.99. The van der Waals surface area contributed by atoms with E-state index in [0.717, 1.165) is 16.8 Å². The van der Waals surface area contributed by atoms with Crippen molar-refractivity contribution < 1.29 is 0 Å². The Balaban J connectivity index is 3.16. The third-order valence-electron chi connectivity index (χ3n) is 1.57. The highest BCUT2D eigenvalue weighted by Gasteiger charge is 1.96. The third kappa shape index (κ3) is 1.49. The van der Waals surface area contributed by atoms with Gasteiger partial charge in [-0.3, -0.25) is 0 Å². The standard InChI is InChI=1S/C8H11N3/c1-6-3-2-4-7(5-11-10)8(6)9/h2-5H,9-10H2,1H3/b11-5-. The fourth-order valence-electron chi connectivity index (χ4n) is 0.896. The van der Waals surface area contributed by atoms with Crippen molar-refractivity contribution >= 4 is 11.9 Å². The maximum absolute atomic E-state index is 5.72. The molecule has 0 aliphatic heterocycles. The summed E-state index contributed by atoms with van der Waals surface area (Å²) in [6.07, 6.45) is 1.54. The Morgan fingerprint density at radius 3 is 2.82 bits per heavy atom. The van der Waals surface area contributed by atoms with Gasteiger partial charge in [-0.05, 0) is 12.5 Å². The summed E-state index contributed by atoms with van der Waals surface area (Å²) in [5, 5.41) is 3.40. The molecule has 0 spiro atoms. The van der Waals surface area contributed by atoms with E-state index in [1.165, 1.54) is 0 Å². The number of hydrazone groups is 1. The van der Waals surface area contributed by atoms with Crippen LogP contribution in [0.15, 0.2) is 23.3 Å². The molecule has 0 aliphatic carbocycles. The highest BCUT2D eigenvalue weighted by atomic mass is 15.1. The topological polar surface area (TPSA) is 64.4 Å². The smallest absolute Gasteiger partial charge is 0.0558 e. The first-order valence-electron chi connectivity index (χ1n) is 3.34. The fourth-order valence-corrected chi connectivity index (χ4v) is 0.896. The Labute approximate surface area is 65.7 Å². The average molecular weight is 149 g/mol. The lowest BCUT2D eigenvalue weighted by atomic mass is 10.1. The van der Waals surface area contributed by atoms with Crippen molar-refractivity contribution in [1.29, 1.82) is 0 Å². The summed E-state index contributed by atoms with van der Waals surface area (Å²) in [5.41, 5.74) is 8.37. The first-order valence-corrected chi connectivity index (χ1v) is 3.34. The summed E-state index contributed by atoms with van der Waals surface area (Å²) < 4.78 is 0. The summed E-state index contributed by atoms with van der Waals surface area (Å²) in [6, 6.07) is 5.74. The van der Waals surface area contributed by atoms with Crippen molar-refractivity contribution in [1.82, 2.24) is 0 Å². The van der Waals surface area contributed by atoms with Crippen LogP contribution in [0.4, 0.5) is 5.69 Å². The van der Waals surface area contributed by atoms with Crippen LogP contribution in [-0.2, 0) is 0 Å². The Morgan fingerprint density at radius 2 is 2.18 bits per heavy atom. The molecule has 0 aliphatic rings. The van der Waals surface area contributed by atoms with Gasteiger partial charge in [0.05, 0.1) is 6.21 Å². The van der Waals surface area contributed by atoms with Crippen molar-refractivity contribution in [3.05, 3.63) is 29.3 Å². The summed E-state index contributed by atoms with van der Waals surface area (Å²) >= 11 is 0. The van der Waals surface area contributed by atoms with Gasteiger partial charge in [0.25, 0.3) is 0 Å². The molecule has 11 heavy (non-hydrogen) atoms. The van der Waals surface area contributed by atoms with E-state index in [4.69, 9.17) is 11.6 Å². The molecule has 0 radical (unpaired) electrons. The number of rotatable bonds is 1. The molecule has 0 unspecified atom stereocenters. The molecule has 0 saturated heterocycles. The Bertz CT molecular complexity index is 279. The van der Waals surface area contributed by atoms with Gasteiger partial charge in [-0.1, -0.05) is 18.2 Å². The van der Waals surface area contributed by atoms with Crippen LogP contribution in [0.5, 0.6) is 0 Å². The zero-order chi connectivity index (χ0) is 8.27. The van der Waals surface area contributed by atoms with Gasteiger partial charge in [0.1, 0.15) is 0 Å². The number of nitrogens with zero attached hydrogens (tertiary/aromatic N) is 1. The molecule has 0 amide bonds. The van der Waals surface area contributed by atoms with E-state index < -0.39 is 0 Å². The molecule has 1 rings (SSSR count). The molecule has 0 saturated carbocycles. The van der Waals surface area contributed by atoms with Gasteiger partial charge in [-0.25, -0.2) is 0 Å². The largest absolute Gasteiger partial charge is 0.398 e. The lowest BCUT2D eigenvalue weighted by Gasteiger charge is -2.01. The van der Waals surface area contributed by atoms with E-state index in [2.05, 4.69) is 5.10 Å². The van der Waals surface area contributed by atoms with E-state index in [1.54, 1.807) is 6.21 Å². The minimum atomic E-state index is 0.738. The average Bonchev–Trinajstić information content (AvgIpc) is 1.99. The van der Waals surface area contributed by atoms with Crippen LogP contribution >= 0.6 is 0 Å². The van der Waals surface area contributed by atoms with Crippen LogP contribution in [0, 0.1) is 6.92 Å². The van der Waals surface area contributed by atoms with Crippen molar-refractivity contribution in [2.24, 2.45) is 10.9 Å². The first-order chi connectivity index (χ1) is 5.25. The van der Waals surface area contributed by atoms with Gasteiger partial charge >= 0.3 is 0 Å². The Kier molecular flexibility index (Phi) is 2.11. The molecular weight excluding hydrogens is 138 g/mol. The predicted octanol–water partition coefficient (Wildman–Crippen LogP) is 0.870. The van der Waals surface area contributed by atoms with Crippen molar-refractivity contribution in [2.75, 3.05) is 5.73 Å². The van der Waals surface area contributed by atoms with Crippen molar-refractivity contribution in [2.45, 2.75) is 6.92 Å². The molecule has 4 N–H and O–H groups in total. The van der Waals surface area contributed by atoms with Crippen LogP contribution < -0.4 is 11.6 Å². The van der Waals surface area contributed by atoms with Gasteiger partial charge in [-0.15, -0.1) is 0 Å². The van der Waals surface area contributed by atoms with Crippen molar-refractivity contribution in [3.63, 3.8) is 0 Å². The van der Waals surface area contributed by atoms with Gasteiger partial charge in [0.2, 0.25) is 0 Å². The number of nitrogen functional groups attached to an aromatic ring is 1. The SMILES string of the molecule is Cc1cccc(/C=N\N)c1N. The summed E-state index contributed by atoms with van der Waals surface area (Å²) in [7, 11) is 0. The number of aryl methyl sites for hydroxylation is 1. The van der Waals surface area contributed by atoms with E-state index in [9.17, 15) is 0 Å². The molecule has 1 aromatic rings. The van der Waals surface area contributed by atoms with E-state index in [-0.39, 0.29) is 0 Å². The number of hydrogen-bond donors (Lipinski definition) is 2. The molecule has 0 atom stereocenters. The van der Waals surface area contributed by atoms with Gasteiger partial charge in [0, 0.05) is 11.3 Å². The van der Waals surface area contributed by atoms with Crippen LogP contribution in [-0.4, -0.2) is 6.21 Å². The quantitative estimate of drug-likeness (QED) is 0.269. The Morgan fingerprint density at radius 1 is 1.45 bits per heavy atom. The zero-order valence-electron chi connectivity index (χ0n) is 6.41. The van der Waals surface area contributed by atoms with E-state index >= 15 is 0 Å². The summed E-state index contributed by atoms with van der Waals surface area (Å²) in [4.78, 5) is 0. The van der Waals surface area contributed by atoms with E-state index in [1.807, 2.05) is 25.1 Å². The van der Waals surface area contributed by atoms with E-state index in [0.29, 0.717) is 0 Å². The lowest BCUT2D eigenvalue weighted by Crippen LogP contribution is -1.96. The second-order valence-corrected chi connectivity index (χ2v) is 2.36. The molecule has 0 heterocycles. The molecule has 3 heteroatoms. The second kappa shape index (κ2) is 3.05. The number of nitrogens with two attached hydrogens (primary N) is 2. The van der Waals surface area contributed by atoms with Crippen LogP contribution in [0.2, 0.25) is 0 Å². The maximum Gasteiger partial charge on any atom is 0.0558 e. The monoisotopic (exact) mass is 149 g/mol. The van der Waals surface area contributed by atoms with Crippen LogP contribution in [0.1, 0.15) is 11.1 Å². The van der Waals surface area contributed by atoms with Crippen LogP contribution in [0.3, 0.4) is 0 Å². The van der Waals surface area contributed by atoms with Gasteiger partial charge in [0.15, 0.2) is 0 Å².